The van der Waals surface area contributed by atoms with Crippen molar-refractivity contribution in [2.45, 2.75) is 4.90 Å². The van der Waals surface area contributed by atoms with Crippen molar-refractivity contribution in [1.29, 1.82) is 5.26 Å². The van der Waals surface area contributed by atoms with Gasteiger partial charge in [-0.3, -0.25) is 0 Å². The monoisotopic (exact) mass is 217 g/mol. The predicted octanol–water partition coefficient (Wildman–Crippen LogP) is 1.24. The van der Waals surface area contributed by atoms with E-state index in [9.17, 15) is 17.2 Å². The van der Waals surface area contributed by atoms with Crippen LogP contribution in [0.5, 0.6) is 0 Å². The van der Waals surface area contributed by atoms with Gasteiger partial charge >= 0.3 is 0 Å². The van der Waals surface area contributed by atoms with E-state index >= 15 is 0 Å². The van der Waals surface area contributed by atoms with Crippen LogP contribution in [0.3, 0.4) is 0 Å². The lowest BCUT2D eigenvalue weighted by molar-refractivity contribution is 0.554. The molecule has 0 saturated heterocycles. The van der Waals surface area contributed by atoms with Crippen LogP contribution in [0.4, 0.5) is 8.78 Å². The third kappa shape index (κ3) is 1.88. The van der Waals surface area contributed by atoms with Crippen LogP contribution >= 0.6 is 0 Å². The van der Waals surface area contributed by atoms with Crippen molar-refractivity contribution in [3.63, 3.8) is 0 Å². The van der Waals surface area contributed by atoms with E-state index in [1.54, 1.807) is 0 Å². The second-order valence-electron chi connectivity index (χ2n) is 2.65. The molecule has 6 heteroatoms. The van der Waals surface area contributed by atoms with E-state index in [2.05, 4.69) is 0 Å². The van der Waals surface area contributed by atoms with Gasteiger partial charge in [-0.25, -0.2) is 17.2 Å². The van der Waals surface area contributed by atoms with E-state index in [-0.39, 0.29) is 0 Å². The first-order valence-corrected chi connectivity index (χ1v) is 5.34. The van der Waals surface area contributed by atoms with Gasteiger partial charge in [0.2, 0.25) is 0 Å². The van der Waals surface area contributed by atoms with Crippen molar-refractivity contribution < 1.29 is 17.2 Å². The highest BCUT2D eigenvalue weighted by atomic mass is 32.2. The van der Waals surface area contributed by atoms with Crippen LogP contribution in [0.1, 0.15) is 5.56 Å². The summed E-state index contributed by atoms with van der Waals surface area (Å²) in [4.78, 5) is -0.742. The highest BCUT2D eigenvalue weighted by Gasteiger charge is 2.17. The molecule has 0 heterocycles. The summed E-state index contributed by atoms with van der Waals surface area (Å²) in [5.41, 5.74) is -0.519. The zero-order valence-electron chi connectivity index (χ0n) is 7.08. The number of benzene rings is 1. The molecule has 0 saturated carbocycles. The average Bonchev–Trinajstić information content (AvgIpc) is 2.06. The Labute approximate surface area is 79.5 Å². The minimum Gasteiger partial charge on any atom is -0.224 e. The fraction of sp³-hybridized carbons (Fsp3) is 0.125. The molecule has 0 amide bonds. The van der Waals surface area contributed by atoms with Gasteiger partial charge in [0.05, 0.1) is 5.56 Å². The zero-order valence-corrected chi connectivity index (χ0v) is 7.90. The minimum absolute atomic E-state index is 0.503. The van der Waals surface area contributed by atoms with Crippen molar-refractivity contribution >= 4 is 9.84 Å². The Kier molecular flexibility index (Phi) is 2.53. The van der Waals surface area contributed by atoms with Crippen molar-refractivity contribution in [2.24, 2.45) is 0 Å². The van der Waals surface area contributed by atoms with Gasteiger partial charge in [0, 0.05) is 6.26 Å². The maximum Gasteiger partial charge on any atom is 0.178 e. The lowest BCUT2D eigenvalue weighted by atomic mass is 10.2. The van der Waals surface area contributed by atoms with Crippen molar-refractivity contribution in [2.75, 3.05) is 6.26 Å². The van der Waals surface area contributed by atoms with E-state index in [1.165, 1.54) is 6.07 Å². The SMILES string of the molecule is CS(=O)(=O)c1cc(F)c(C#N)cc1F. The summed E-state index contributed by atoms with van der Waals surface area (Å²) in [7, 11) is -3.81. The Hall–Kier alpha value is -1.48. The standard InChI is InChI=1S/C8H5F2NO2S/c1-14(12,13)8-3-6(9)5(4-11)2-7(8)10/h2-3H,1H3. The minimum atomic E-state index is -3.81. The molecule has 0 atom stereocenters. The molecule has 0 radical (unpaired) electrons. The maximum absolute atomic E-state index is 13.0. The molecular weight excluding hydrogens is 212 g/mol. The fourth-order valence-corrected chi connectivity index (χ4v) is 1.63. The van der Waals surface area contributed by atoms with Gasteiger partial charge in [0.15, 0.2) is 9.84 Å². The van der Waals surface area contributed by atoms with E-state index in [1.807, 2.05) is 0 Å². The van der Waals surface area contributed by atoms with Gasteiger partial charge in [-0.2, -0.15) is 5.26 Å². The number of halogens is 2. The van der Waals surface area contributed by atoms with Gasteiger partial charge in [-0.15, -0.1) is 0 Å². The van der Waals surface area contributed by atoms with Crippen molar-refractivity contribution in [1.82, 2.24) is 0 Å². The van der Waals surface area contributed by atoms with E-state index in [4.69, 9.17) is 5.26 Å². The summed E-state index contributed by atoms with van der Waals surface area (Å²) < 4.78 is 47.8. The summed E-state index contributed by atoms with van der Waals surface area (Å²) >= 11 is 0. The van der Waals surface area contributed by atoms with Crippen LogP contribution < -0.4 is 0 Å². The number of hydrogen-bond acceptors (Lipinski definition) is 3. The van der Waals surface area contributed by atoms with Crippen molar-refractivity contribution in [3.8, 4) is 6.07 Å². The van der Waals surface area contributed by atoms with E-state index in [0.717, 1.165) is 6.26 Å². The Bertz CT molecular complexity index is 517. The number of hydrogen-bond donors (Lipinski definition) is 0. The quantitative estimate of drug-likeness (QED) is 0.711. The lowest BCUT2D eigenvalue weighted by Gasteiger charge is -2.01. The van der Waals surface area contributed by atoms with Crippen LogP contribution in [0.2, 0.25) is 0 Å². The molecule has 74 valence electrons. The summed E-state index contributed by atoms with van der Waals surface area (Å²) in [5.74, 6) is -2.17. The molecule has 1 rings (SSSR count). The van der Waals surface area contributed by atoms with E-state index < -0.39 is 31.9 Å². The topological polar surface area (TPSA) is 57.9 Å². The largest absolute Gasteiger partial charge is 0.224 e. The number of sulfone groups is 1. The van der Waals surface area contributed by atoms with Crippen LogP contribution in [0.25, 0.3) is 0 Å². The highest BCUT2D eigenvalue weighted by molar-refractivity contribution is 7.90. The maximum atomic E-state index is 13.0. The average molecular weight is 217 g/mol. The molecular formula is C8H5F2NO2S. The molecule has 0 bridgehead atoms. The molecule has 14 heavy (non-hydrogen) atoms. The normalized spacial score (nSPS) is 11.0. The first-order chi connectivity index (χ1) is 6.36. The Morgan fingerprint density at radius 3 is 2.29 bits per heavy atom. The smallest absolute Gasteiger partial charge is 0.178 e. The van der Waals surface area contributed by atoms with Gasteiger partial charge in [0.1, 0.15) is 22.6 Å². The predicted molar refractivity (Wildman–Crippen MR) is 44.2 cm³/mol. The summed E-state index contributed by atoms with van der Waals surface area (Å²) in [5, 5.41) is 8.33. The summed E-state index contributed by atoms with van der Waals surface area (Å²) in [6.07, 6.45) is 0.761. The molecule has 0 aliphatic carbocycles. The molecule has 1 aromatic rings. The Morgan fingerprint density at radius 1 is 1.29 bits per heavy atom. The second-order valence-corrected chi connectivity index (χ2v) is 4.63. The molecule has 0 fully saturated rings. The number of nitriles is 1. The van der Waals surface area contributed by atoms with Crippen molar-refractivity contribution in [3.05, 3.63) is 29.3 Å². The summed E-state index contributed by atoms with van der Waals surface area (Å²) in [6.45, 7) is 0. The zero-order chi connectivity index (χ0) is 10.9. The molecule has 3 nitrogen and oxygen atoms in total. The van der Waals surface area contributed by atoms with Gasteiger partial charge in [-0.1, -0.05) is 0 Å². The van der Waals surface area contributed by atoms with Crippen LogP contribution in [0.15, 0.2) is 17.0 Å². The first-order valence-electron chi connectivity index (χ1n) is 3.45. The van der Waals surface area contributed by atoms with E-state index in [0.29, 0.717) is 12.1 Å². The third-order valence-corrected chi connectivity index (χ3v) is 2.65. The second kappa shape index (κ2) is 3.35. The molecule has 0 aliphatic rings. The van der Waals surface area contributed by atoms with Gasteiger partial charge in [-0.05, 0) is 12.1 Å². The lowest BCUT2D eigenvalue weighted by Crippen LogP contribution is -2.02. The molecule has 0 N–H and O–H groups in total. The number of rotatable bonds is 1. The Balaban J connectivity index is 3.54. The van der Waals surface area contributed by atoms with Crippen LogP contribution in [-0.2, 0) is 9.84 Å². The molecule has 0 unspecified atom stereocenters. The first kappa shape index (κ1) is 10.6. The highest BCUT2D eigenvalue weighted by Crippen LogP contribution is 2.18. The molecule has 0 aromatic heterocycles. The molecule has 1 aromatic carbocycles. The molecule has 0 spiro atoms. The summed E-state index contributed by atoms with van der Waals surface area (Å²) in [6, 6.07) is 2.47. The molecule has 0 aliphatic heterocycles. The van der Waals surface area contributed by atoms with Crippen LogP contribution in [-0.4, -0.2) is 14.7 Å². The van der Waals surface area contributed by atoms with Gasteiger partial charge in [0.25, 0.3) is 0 Å². The van der Waals surface area contributed by atoms with Crippen LogP contribution in [0, 0.1) is 23.0 Å². The third-order valence-electron chi connectivity index (χ3n) is 1.54. The Morgan fingerprint density at radius 2 is 1.86 bits per heavy atom. The van der Waals surface area contributed by atoms with Gasteiger partial charge < -0.3 is 0 Å². The fourth-order valence-electron chi connectivity index (χ4n) is 0.898. The number of nitrogens with zero attached hydrogens (tertiary/aromatic N) is 1.